The van der Waals surface area contributed by atoms with Crippen LogP contribution in [0.3, 0.4) is 0 Å². The van der Waals surface area contributed by atoms with Crippen LogP contribution in [-0.2, 0) is 4.79 Å². The molecule has 0 bridgehead atoms. The van der Waals surface area contributed by atoms with Crippen molar-refractivity contribution >= 4 is 5.97 Å². The molecule has 0 amide bonds. The van der Waals surface area contributed by atoms with Gasteiger partial charge in [0.2, 0.25) is 0 Å². The fourth-order valence-corrected chi connectivity index (χ4v) is 4.11. The number of benzene rings is 3. The molecule has 0 spiro atoms. The molecule has 37 heavy (non-hydrogen) atoms. The maximum Gasteiger partial charge on any atom is 0.573 e. The number of rotatable bonds is 8. The Balaban J connectivity index is 1.16. The average Bonchev–Trinajstić information content (AvgIpc) is 3.45. The van der Waals surface area contributed by atoms with Gasteiger partial charge >= 0.3 is 12.3 Å². The van der Waals surface area contributed by atoms with Crippen molar-refractivity contribution in [1.29, 1.82) is 0 Å². The molecule has 1 aliphatic rings. The molecule has 1 aliphatic carbocycles. The molecule has 7 nitrogen and oxygen atoms in total. The molecule has 1 fully saturated rings. The van der Waals surface area contributed by atoms with Crippen LogP contribution in [0.15, 0.2) is 79.1 Å². The first-order valence-electron chi connectivity index (χ1n) is 11.5. The van der Waals surface area contributed by atoms with Gasteiger partial charge in [-0.05, 0) is 72.4 Å². The minimum absolute atomic E-state index is 0.234. The summed E-state index contributed by atoms with van der Waals surface area (Å²) in [5.74, 6) is 1.63. The molecule has 2 atom stereocenters. The lowest BCUT2D eigenvalue weighted by Crippen LogP contribution is -2.17. The van der Waals surface area contributed by atoms with E-state index in [9.17, 15) is 18.0 Å². The normalized spacial score (nSPS) is 16.8. The van der Waals surface area contributed by atoms with E-state index in [1.807, 2.05) is 24.3 Å². The molecule has 1 heterocycles. The molecular formula is C27H22F3N3O4. The summed E-state index contributed by atoms with van der Waals surface area (Å²) in [4.78, 5) is 16.6. The lowest BCUT2D eigenvalue weighted by atomic mass is 10.1. The number of alkyl halides is 3. The Morgan fingerprint density at radius 2 is 1.59 bits per heavy atom. The average molecular weight is 509 g/mol. The third-order valence-electron chi connectivity index (χ3n) is 6.07. The minimum Gasteiger partial charge on any atom is -0.497 e. The van der Waals surface area contributed by atoms with Crippen LogP contribution in [0.2, 0.25) is 0 Å². The van der Waals surface area contributed by atoms with Crippen LogP contribution in [0.4, 0.5) is 13.2 Å². The van der Waals surface area contributed by atoms with Crippen LogP contribution < -0.4 is 14.2 Å². The van der Waals surface area contributed by atoms with E-state index >= 15 is 0 Å². The Bertz CT molecular complexity index is 1370. The van der Waals surface area contributed by atoms with E-state index in [2.05, 4.69) is 14.8 Å². The number of aromatic nitrogens is 3. The van der Waals surface area contributed by atoms with Crippen molar-refractivity contribution in [3.8, 4) is 34.3 Å². The smallest absolute Gasteiger partial charge is 0.497 e. The lowest BCUT2D eigenvalue weighted by Gasteiger charge is -2.09. The predicted molar refractivity (Wildman–Crippen MR) is 128 cm³/mol. The molecule has 0 radical (unpaired) electrons. The number of carbonyl (C=O) groups excluding carboxylic acids is 1. The second-order valence-electron chi connectivity index (χ2n) is 8.63. The zero-order chi connectivity index (χ0) is 26.0. The second-order valence-corrected chi connectivity index (χ2v) is 8.63. The van der Waals surface area contributed by atoms with E-state index in [1.165, 1.54) is 35.3 Å². The molecule has 3 aromatic carbocycles. The van der Waals surface area contributed by atoms with Crippen molar-refractivity contribution in [2.75, 3.05) is 7.11 Å². The minimum atomic E-state index is -4.74. The summed E-state index contributed by atoms with van der Waals surface area (Å²) in [6, 6.07) is 20.1. The van der Waals surface area contributed by atoms with Gasteiger partial charge in [-0.3, -0.25) is 4.79 Å². The van der Waals surface area contributed by atoms with Gasteiger partial charge in [-0.25, -0.2) is 9.67 Å². The van der Waals surface area contributed by atoms with Gasteiger partial charge in [-0.1, -0.05) is 24.3 Å². The first-order chi connectivity index (χ1) is 17.8. The Labute approximate surface area is 210 Å². The second kappa shape index (κ2) is 9.96. The highest BCUT2D eigenvalue weighted by atomic mass is 19.4. The third-order valence-corrected chi connectivity index (χ3v) is 6.07. The van der Waals surface area contributed by atoms with E-state index in [1.54, 1.807) is 31.4 Å². The summed E-state index contributed by atoms with van der Waals surface area (Å²) in [5.41, 5.74) is 2.48. The van der Waals surface area contributed by atoms with Crippen LogP contribution in [0.1, 0.15) is 24.3 Å². The van der Waals surface area contributed by atoms with Crippen LogP contribution >= 0.6 is 0 Å². The van der Waals surface area contributed by atoms with Gasteiger partial charge in [0.15, 0.2) is 5.82 Å². The molecule has 0 N–H and O–H groups in total. The Morgan fingerprint density at radius 3 is 2.24 bits per heavy atom. The first kappa shape index (κ1) is 24.4. The quantitative estimate of drug-likeness (QED) is 0.216. The van der Waals surface area contributed by atoms with Gasteiger partial charge in [0.25, 0.3) is 0 Å². The summed E-state index contributed by atoms with van der Waals surface area (Å²) < 4.78 is 52.9. The monoisotopic (exact) mass is 509 g/mol. The summed E-state index contributed by atoms with van der Waals surface area (Å²) in [6.07, 6.45) is -1.99. The van der Waals surface area contributed by atoms with Gasteiger partial charge in [0.05, 0.1) is 12.8 Å². The van der Waals surface area contributed by atoms with Gasteiger partial charge in [-0.2, -0.15) is 0 Å². The van der Waals surface area contributed by atoms with Gasteiger partial charge in [0.1, 0.15) is 23.6 Å². The molecular weight excluding hydrogens is 487 g/mol. The zero-order valence-electron chi connectivity index (χ0n) is 19.7. The molecule has 1 aromatic heterocycles. The van der Waals surface area contributed by atoms with E-state index in [-0.39, 0.29) is 17.6 Å². The zero-order valence-corrected chi connectivity index (χ0v) is 19.7. The summed E-state index contributed by atoms with van der Waals surface area (Å²) in [5, 5.41) is 4.42. The van der Waals surface area contributed by atoms with Gasteiger partial charge in [-0.15, -0.1) is 18.3 Å². The predicted octanol–water partition coefficient (Wildman–Crippen LogP) is 5.94. The lowest BCUT2D eigenvalue weighted by molar-refractivity contribution is -0.274. The number of halogens is 3. The van der Waals surface area contributed by atoms with Crippen molar-refractivity contribution in [2.24, 2.45) is 5.92 Å². The maximum atomic E-state index is 12.3. The van der Waals surface area contributed by atoms with Crippen LogP contribution in [-0.4, -0.2) is 34.2 Å². The van der Waals surface area contributed by atoms with Gasteiger partial charge < -0.3 is 14.2 Å². The van der Waals surface area contributed by atoms with E-state index in [4.69, 9.17) is 9.47 Å². The molecule has 4 aromatic rings. The third kappa shape index (κ3) is 6.08. The number of carbonyl (C=O) groups is 1. The number of ether oxygens (including phenoxy) is 3. The molecule has 5 rings (SSSR count). The highest BCUT2D eigenvalue weighted by Gasteiger charge is 2.40. The standard InChI is InChI=1S/C27H22F3N3O4/c1-35-21-10-12-22(13-11-21)36-25(34)15-19-14-24(19)17-2-4-18(5-3-17)26-31-16-33(32-26)20-6-8-23(9-7-20)37-27(28,29)30/h2-13,16,19,24H,14-15H2,1H3. The first-order valence-corrected chi connectivity index (χ1v) is 11.5. The summed E-state index contributed by atoms with van der Waals surface area (Å²) >= 11 is 0. The van der Waals surface area contributed by atoms with Crippen molar-refractivity contribution < 1.29 is 32.2 Å². The molecule has 10 heteroatoms. The Kier molecular flexibility index (Phi) is 6.56. The highest BCUT2D eigenvalue weighted by Crippen LogP contribution is 2.49. The van der Waals surface area contributed by atoms with E-state index in [0.717, 1.165) is 17.5 Å². The van der Waals surface area contributed by atoms with Crippen molar-refractivity contribution in [1.82, 2.24) is 14.8 Å². The molecule has 0 aliphatic heterocycles. The van der Waals surface area contributed by atoms with Crippen LogP contribution in [0.25, 0.3) is 17.1 Å². The summed E-state index contributed by atoms with van der Waals surface area (Å²) in [7, 11) is 1.58. The fourth-order valence-electron chi connectivity index (χ4n) is 4.11. The van der Waals surface area contributed by atoms with Gasteiger partial charge in [0, 0.05) is 12.0 Å². The topological polar surface area (TPSA) is 75.5 Å². The number of hydrogen-bond donors (Lipinski definition) is 0. The van der Waals surface area contributed by atoms with E-state index in [0.29, 0.717) is 35.3 Å². The maximum absolute atomic E-state index is 12.3. The van der Waals surface area contributed by atoms with Crippen LogP contribution in [0.5, 0.6) is 17.2 Å². The number of esters is 1. The van der Waals surface area contributed by atoms with Crippen molar-refractivity contribution in [3.63, 3.8) is 0 Å². The molecule has 190 valence electrons. The largest absolute Gasteiger partial charge is 0.573 e. The Hall–Kier alpha value is -4.34. The van der Waals surface area contributed by atoms with E-state index < -0.39 is 6.36 Å². The van der Waals surface area contributed by atoms with Crippen LogP contribution in [0, 0.1) is 5.92 Å². The Morgan fingerprint density at radius 1 is 0.946 bits per heavy atom. The number of methoxy groups -OCH3 is 1. The highest BCUT2D eigenvalue weighted by molar-refractivity contribution is 5.73. The fraction of sp³-hybridized carbons (Fsp3) is 0.222. The van der Waals surface area contributed by atoms with Crippen molar-refractivity contribution in [3.05, 3.63) is 84.7 Å². The molecule has 0 saturated heterocycles. The van der Waals surface area contributed by atoms with Crippen molar-refractivity contribution in [2.45, 2.75) is 25.1 Å². The molecule has 1 saturated carbocycles. The number of hydrogen-bond acceptors (Lipinski definition) is 6. The summed E-state index contributed by atoms with van der Waals surface area (Å²) in [6.45, 7) is 0. The molecule has 2 unspecified atom stereocenters. The number of nitrogens with zero attached hydrogens (tertiary/aromatic N) is 3. The SMILES string of the molecule is COc1ccc(OC(=O)CC2CC2c2ccc(-c3ncn(-c4ccc(OC(F)(F)F)cc4)n3)cc2)cc1.